The molecule has 198 valence electrons. The third kappa shape index (κ3) is 11.8. The summed E-state index contributed by atoms with van der Waals surface area (Å²) < 4.78 is 0. The highest BCUT2D eigenvalue weighted by atomic mass is 16.4. The number of nitrogens with two attached hydrogens (primary N) is 3. The Morgan fingerprint density at radius 3 is 1.74 bits per heavy atom. The van der Waals surface area contributed by atoms with Gasteiger partial charge >= 0.3 is 5.97 Å². The Balaban J connectivity index is 5.34. The number of carbonyl (C=O) groups excluding carboxylic acids is 3. The minimum atomic E-state index is -1.15. The Hall–Kier alpha value is -2.24. The fourth-order valence-corrected chi connectivity index (χ4v) is 3.39. The fraction of sp³-hybridized carbons (Fsp3) is 0.826. The Bertz CT molecular complexity index is 645. The lowest BCUT2D eigenvalue weighted by Crippen LogP contribution is -2.59. The van der Waals surface area contributed by atoms with Crippen molar-refractivity contribution in [3.05, 3.63) is 0 Å². The molecule has 5 unspecified atom stereocenters. The molecule has 11 nitrogen and oxygen atoms in total. The third-order valence-corrected chi connectivity index (χ3v) is 5.91. The minimum absolute atomic E-state index is 0.209. The second-order valence-electron chi connectivity index (χ2n) is 9.18. The van der Waals surface area contributed by atoms with Crippen molar-refractivity contribution in [1.29, 1.82) is 0 Å². The van der Waals surface area contributed by atoms with Crippen LogP contribution in [0.15, 0.2) is 0 Å². The Morgan fingerprint density at radius 1 is 0.765 bits per heavy atom. The number of amides is 3. The summed E-state index contributed by atoms with van der Waals surface area (Å²) in [5, 5.41) is 17.4. The first-order valence-electron chi connectivity index (χ1n) is 12.3. The van der Waals surface area contributed by atoms with E-state index in [2.05, 4.69) is 16.0 Å². The van der Waals surface area contributed by atoms with E-state index >= 15 is 0 Å². The van der Waals surface area contributed by atoms with Gasteiger partial charge in [0.05, 0.1) is 6.04 Å². The molecule has 0 aliphatic carbocycles. The normalized spacial score (nSPS) is 15.6. The predicted octanol–water partition coefficient (Wildman–Crippen LogP) is -0.187. The second kappa shape index (κ2) is 17.2. The Morgan fingerprint density at radius 2 is 1.26 bits per heavy atom. The van der Waals surface area contributed by atoms with Crippen LogP contribution in [0.3, 0.4) is 0 Å². The van der Waals surface area contributed by atoms with Gasteiger partial charge in [-0.15, -0.1) is 0 Å². The number of nitrogens with one attached hydrogen (secondary N) is 3. The molecule has 0 radical (unpaired) electrons. The maximum absolute atomic E-state index is 13.1. The zero-order valence-electron chi connectivity index (χ0n) is 21.1. The van der Waals surface area contributed by atoms with Crippen molar-refractivity contribution in [2.45, 2.75) is 96.8 Å². The summed E-state index contributed by atoms with van der Waals surface area (Å²) >= 11 is 0. The first kappa shape index (κ1) is 31.8. The van der Waals surface area contributed by atoms with Crippen molar-refractivity contribution in [3.63, 3.8) is 0 Å². The molecule has 0 aliphatic rings. The van der Waals surface area contributed by atoms with Crippen LogP contribution in [0.1, 0.15) is 72.6 Å². The molecule has 11 heteroatoms. The van der Waals surface area contributed by atoms with Crippen LogP contribution in [0.25, 0.3) is 0 Å². The van der Waals surface area contributed by atoms with E-state index in [1.165, 1.54) is 0 Å². The van der Waals surface area contributed by atoms with Gasteiger partial charge in [-0.05, 0) is 57.0 Å². The zero-order valence-corrected chi connectivity index (χ0v) is 21.1. The topological polar surface area (TPSA) is 203 Å². The maximum atomic E-state index is 13.1. The molecule has 0 heterocycles. The predicted molar refractivity (Wildman–Crippen MR) is 132 cm³/mol. The Kier molecular flexibility index (Phi) is 16.1. The summed E-state index contributed by atoms with van der Waals surface area (Å²) in [5.74, 6) is -3.20. The second-order valence-corrected chi connectivity index (χ2v) is 9.18. The standard InChI is InChI=1S/C23H46N6O5/c1-5-15(4)19(29-20(30)16(26)10-6-8-12-24)22(32)28-18(14(2)3)21(31)27-17(23(33)34)11-7-9-13-25/h14-19H,5-13,24-26H2,1-4H3,(H,27,31)(H,28,32)(H,29,30)(H,33,34). The van der Waals surface area contributed by atoms with E-state index in [1.807, 2.05) is 13.8 Å². The largest absolute Gasteiger partial charge is 0.480 e. The summed E-state index contributed by atoms with van der Waals surface area (Å²) in [6.07, 6.45) is 3.97. The summed E-state index contributed by atoms with van der Waals surface area (Å²) in [6, 6.07) is -3.69. The van der Waals surface area contributed by atoms with Gasteiger partial charge in [-0.25, -0.2) is 4.79 Å². The van der Waals surface area contributed by atoms with Gasteiger partial charge in [-0.1, -0.05) is 40.5 Å². The first-order valence-corrected chi connectivity index (χ1v) is 12.3. The fourth-order valence-electron chi connectivity index (χ4n) is 3.39. The zero-order chi connectivity index (χ0) is 26.3. The molecule has 10 N–H and O–H groups in total. The van der Waals surface area contributed by atoms with Crippen LogP contribution in [0.2, 0.25) is 0 Å². The third-order valence-electron chi connectivity index (χ3n) is 5.91. The van der Waals surface area contributed by atoms with Crippen molar-refractivity contribution in [1.82, 2.24) is 16.0 Å². The number of hydrogen-bond donors (Lipinski definition) is 7. The Labute approximate surface area is 203 Å². The summed E-state index contributed by atoms with van der Waals surface area (Å²) in [4.78, 5) is 50.1. The average Bonchev–Trinajstić information content (AvgIpc) is 2.79. The highest BCUT2D eigenvalue weighted by Gasteiger charge is 2.33. The highest BCUT2D eigenvalue weighted by Crippen LogP contribution is 2.12. The molecule has 0 bridgehead atoms. The van der Waals surface area contributed by atoms with Crippen molar-refractivity contribution in [2.24, 2.45) is 29.0 Å². The molecule has 0 aromatic rings. The van der Waals surface area contributed by atoms with Gasteiger partial charge in [0.2, 0.25) is 17.7 Å². The van der Waals surface area contributed by atoms with Crippen LogP contribution >= 0.6 is 0 Å². The monoisotopic (exact) mass is 486 g/mol. The number of aliphatic carboxylic acids is 1. The van der Waals surface area contributed by atoms with Crippen molar-refractivity contribution in [2.75, 3.05) is 13.1 Å². The molecule has 0 aromatic heterocycles. The van der Waals surface area contributed by atoms with Crippen LogP contribution < -0.4 is 33.2 Å². The SMILES string of the molecule is CCC(C)C(NC(=O)C(N)CCCCN)C(=O)NC(C(=O)NC(CCCCN)C(=O)O)C(C)C. The number of carboxylic acid groups (broad SMARTS) is 1. The number of unbranched alkanes of at least 4 members (excludes halogenated alkanes) is 2. The molecule has 0 saturated heterocycles. The van der Waals surface area contributed by atoms with Gasteiger partial charge in [0.15, 0.2) is 0 Å². The van der Waals surface area contributed by atoms with Crippen LogP contribution in [-0.4, -0.2) is 66.1 Å². The van der Waals surface area contributed by atoms with Crippen LogP contribution in [-0.2, 0) is 19.2 Å². The lowest BCUT2D eigenvalue weighted by Gasteiger charge is -2.29. The average molecular weight is 487 g/mol. The van der Waals surface area contributed by atoms with Crippen LogP contribution in [0, 0.1) is 11.8 Å². The molecule has 0 spiro atoms. The molecule has 0 aromatic carbocycles. The maximum Gasteiger partial charge on any atom is 0.326 e. The van der Waals surface area contributed by atoms with Gasteiger partial charge in [-0.3, -0.25) is 14.4 Å². The summed E-state index contributed by atoms with van der Waals surface area (Å²) in [5.41, 5.74) is 16.9. The van der Waals surface area contributed by atoms with Gasteiger partial charge < -0.3 is 38.3 Å². The van der Waals surface area contributed by atoms with E-state index in [0.717, 1.165) is 6.42 Å². The molecule has 34 heavy (non-hydrogen) atoms. The number of carboxylic acids is 1. The van der Waals surface area contributed by atoms with E-state index in [4.69, 9.17) is 17.2 Å². The summed E-state index contributed by atoms with van der Waals surface area (Å²) in [7, 11) is 0. The van der Waals surface area contributed by atoms with E-state index in [1.54, 1.807) is 13.8 Å². The molecular formula is C23H46N6O5. The van der Waals surface area contributed by atoms with E-state index in [9.17, 15) is 24.3 Å². The van der Waals surface area contributed by atoms with Crippen molar-refractivity contribution in [3.8, 4) is 0 Å². The van der Waals surface area contributed by atoms with Gasteiger partial charge in [0.25, 0.3) is 0 Å². The minimum Gasteiger partial charge on any atom is -0.480 e. The lowest BCUT2D eigenvalue weighted by atomic mass is 9.95. The number of carbonyl (C=O) groups is 4. The smallest absolute Gasteiger partial charge is 0.326 e. The first-order chi connectivity index (χ1) is 16.0. The highest BCUT2D eigenvalue weighted by molar-refractivity contribution is 5.94. The van der Waals surface area contributed by atoms with E-state index < -0.39 is 47.9 Å². The quantitative estimate of drug-likeness (QED) is 0.129. The number of hydrogen-bond acceptors (Lipinski definition) is 7. The van der Waals surface area contributed by atoms with E-state index in [0.29, 0.717) is 45.2 Å². The van der Waals surface area contributed by atoms with Gasteiger partial charge in [0.1, 0.15) is 18.1 Å². The molecular weight excluding hydrogens is 440 g/mol. The van der Waals surface area contributed by atoms with Gasteiger partial charge in [-0.2, -0.15) is 0 Å². The molecule has 3 amide bonds. The van der Waals surface area contributed by atoms with Crippen LogP contribution in [0.5, 0.6) is 0 Å². The number of rotatable bonds is 18. The molecule has 5 atom stereocenters. The van der Waals surface area contributed by atoms with Crippen molar-refractivity contribution >= 4 is 23.7 Å². The molecule has 0 aliphatic heterocycles. The summed E-state index contributed by atoms with van der Waals surface area (Å²) in [6.45, 7) is 8.17. The van der Waals surface area contributed by atoms with Crippen molar-refractivity contribution < 1.29 is 24.3 Å². The molecule has 0 saturated carbocycles. The molecule has 0 fully saturated rings. The van der Waals surface area contributed by atoms with Crippen LogP contribution in [0.4, 0.5) is 0 Å². The lowest BCUT2D eigenvalue weighted by molar-refractivity contribution is -0.143. The molecule has 0 rings (SSSR count). The van der Waals surface area contributed by atoms with Gasteiger partial charge in [0, 0.05) is 0 Å². The van der Waals surface area contributed by atoms with E-state index in [-0.39, 0.29) is 18.3 Å².